The van der Waals surface area contributed by atoms with Gasteiger partial charge in [-0.05, 0) is 48.9 Å². The Morgan fingerprint density at radius 2 is 1.78 bits per heavy atom. The van der Waals surface area contributed by atoms with E-state index < -0.39 is 11.7 Å². The number of halogens is 4. The second-order valence-corrected chi connectivity index (χ2v) is 8.40. The predicted molar refractivity (Wildman–Crippen MR) is 113 cm³/mol. The number of carbonyl (C=O) groups is 1. The summed E-state index contributed by atoms with van der Waals surface area (Å²) in [6.07, 6.45) is -3.93. The molecule has 1 aromatic heterocycles. The molecular formula is C22H20F4N4OS. The number of piperazine rings is 1. The van der Waals surface area contributed by atoms with Crippen molar-refractivity contribution in [3.05, 3.63) is 76.9 Å². The highest BCUT2D eigenvalue weighted by Crippen LogP contribution is 2.29. The van der Waals surface area contributed by atoms with Gasteiger partial charge in [-0.2, -0.15) is 17.5 Å². The fourth-order valence-corrected chi connectivity index (χ4v) is 4.35. The summed E-state index contributed by atoms with van der Waals surface area (Å²) in [6.45, 7) is 3.40. The van der Waals surface area contributed by atoms with Crippen LogP contribution in [-0.2, 0) is 12.6 Å². The number of alkyl halides is 3. The zero-order valence-corrected chi connectivity index (χ0v) is 18.0. The molecule has 1 fully saturated rings. The molecule has 4 rings (SSSR count). The van der Waals surface area contributed by atoms with E-state index >= 15 is 0 Å². The van der Waals surface area contributed by atoms with Gasteiger partial charge in [0.05, 0.1) is 5.56 Å². The van der Waals surface area contributed by atoms with Crippen LogP contribution >= 0.6 is 11.5 Å². The minimum Gasteiger partial charge on any atom is -0.343 e. The van der Waals surface area contributed by atoms with Crippen LogP contribution in [-0.4, -0.2) is 45.8 Å². The van der Waals surface area contributed by atoms with E-state index in [4.69, 9.17) is 0 Å². The van der Waals surface area contributed by atoms with Crippen LogP contribution in [0.5, 0.6) is 0 Å². The average molecular weight is 464 g/mol. The Balaban J connectivity index is 1.38. The van der Waals surface area contributed by atoms with Gasteiger partial charge < -0.3 is 9.80 Å². The molecule has 1 amide bonds. The van der Waals surface area contributed by atoms with Gasteiger partial charge in [0.15, 0.2) is 0 Å². The van der Waals surface area contributed by atoms with E-state index in [1.807, 2.05) is 11.8 Å². The molecule has 0 spiro atoms. The SMILES string of the molecule is CC1CN(c2nc(Cc3ccc(F)cc3)ns2)CCN1C(=O)c1ccc(C(F)(F)F)cc1. The van der Waals surface area contributed by atoms with Crippen LogP contribution in [0.4, 0.5) is 22.7 Å². The quantitative estimate of drug-likeness (QED) is 0.528. The van der Waals surface area contributed by atoms with E-state index in [1.165, 1.54) is 35.8 Å². The number of nitrogens with zero attached hydrogens (tertiary/aromatic N) is 4. The van der Waals surface area contributed by atoms with E-state index in [0.717, 1.165) is 22.8 Å². The highest BCUT2D eigenvalue weighted by molar-refractivity contribution is 7.09. The normalized spacial score (nSPS) is 17.0. The Morgan fingerprint density at radius 3 is 2.41 bits per heavy atom. The lowest BCUT2D eigenvalue weighted by atomic mass is 10.1. The van der Waals surface area contributed by atoms with Crippen molar-refractivity contribution in [2.45, 2.75) is 25.6 Å². The number of carbonyl (C=O) groups excluding carboxylic acids is 1. The van der Waals surface area contributed by atoms with Gasteiger partial charge in [-0.15, -0.1) is 0 Å². The molecule has 2 aromatic carbocycles. The van der Waals surface area contributed by atoms with Crippen LogP contribution in [0.1, 0.15) is 34.2 Å². The maximum Gasteiger partial charge on any atom is 0.416 e. The summed E-state index contributed by atoms with van der Waals surface area (Å²) in [6, 6.07) is 10.3. The maximum absolute atomic E-state index is 13.1. The highest BCUT2D eigenvalue weighted by atomic mass is 32.1. The summed E-state index contributed by atoms with van der Waals surface area (Å²) in [4.78, 5) is 21.1. The molecule has 32 heavy (non-hydrogen) atoms. The zero-order chi connectivity index (χ0) is 22.9. The summed E-state index contributed by atoms with van der Waals surface area (Å²) in [5.41, 5.74) is 0.367. The third-order valence-electron chi connectivity index (χ3n) is 5.35. The van der Waals surface area contributed by atoms with Crippen molar-refractivity contribution < 1.29 is 22.4 Å². The van der Waals surface area contributed by atoms with Crippen LogP contribution in [0.15, 0.2) is 48.5 Å². The zero-order valence-electron chi connectivity index (χ0n) is 17.1. The van der Waals surface area contributed by atoms with E-state index in [2.05, 4.69) is 9.36 Å². The molecule has 2 heterocycles. The van der Waals surface area contributed by atoms with Crippen molar-refractivity contribution >= 4 is 22.6 Å². The lowest BCUT2D eigenvalue weighted by Gasteiger charge is -2.39. The minimum atomic E-state index is -4.43. The number of hydrogen-bond acceptors (Lipinski definition) is 5. The van der Waals surface area contributed by atoms with Crippen molar-refractivity contribution in [1.29, 1.82) is 0 Å². The third kappa shape index (κ3) is 4.90. The summed E-state index contributed by atoms with van der Waals surface area (Å²) in [5, 5.41) is 0.746. The van der Waals surface area contributed by atoms with E-state index in [-0.39, 0.29) is 23.3 Å². The van der Waals surface area contributed by atoms with Crippen LogP contribution < -0.4 is 4.90 Å². The first-order valence-electron chi connectivity index (χ1n) is 10.0. The molecule has 1 atom stereocenters. The third-order valence-corrected chi connectivity index (χ3v) is 6.17. The molecule has 168 valence electrons. The Labute approximate surface area is 186 Å². The molecule has 3 aromatic rings. The molecule has 0 radical (unpaired) electrons. The van der Waals surface area contributed by atoms with Crippen molar-refractivity contribution in [2.24, 2.45) is 0 Å². The molecule has 0 bridgehead atoms. The first-order valence-corrected chi connectivity index (χ1v) is 10.8. The number of aromatic nitrogens is 2. The summed E-state index contributed by atoms with van der Waals surface area (Å²) >= 11 is 1.27. The lowest BCUT2D eigenvalue weighted by molar-refractivity contribution is -0.137. The van der Waals surface area contributed by atoms with Gasteiger partial charge in [0.2, 0.25) is 5.13 Å². The molecular weight excluding hydrogens is 444 g/mol. The Bertz CT molecular complexity index is 1080. The van der Waals surface area contributed by atoms with Gasteiger partial charge in [0.1, 0.15) is 11.6 Å². The fraction of sp³-hybridized carbons (Fsp3) is 0.318. The Morgan fingerprint density at radius 1 is 1.09 bits per heavy atom. The highest BCUT2D eigenvalue weighted by Gasteiger charge is 2.32. The Hall–Kier alpha value is -3.01. The maximum atomic E-state index is 13.1. The van der Waals surface area contributed by atoms with E-state index in [0.29, 0.717) is 31.9 Å². The van der Waals surface area contributed by atoms with E-state index in [1.54, 1.807) is 17.0 Å². The summed E-state index contributed by atoms with van der Waals surface area (Å²) in [5.74, 6) is 0.0611. The first kappa shape index (κ1) is 22.2. The molecule has 0 saturated carbocycles. The van der Waals surface area contributed by atoms with Crippen LogP contribution in [0.25, 0.3) is 0 Å². The van der Waals surface area contributed by atoms with Gasteiger partial charge in [0, 0.05) is 49.2 Å². The molecule has 1 unspecified atom stereocenters. The second kappa shape index (κ2) is 8.85. The van der Waals surface area contributed by atoms with Crippen molar-refractivity contribution in [2.75, 3.05) is 24.5 Å². The molecule has 0 aliphatic carbocycles. The standard InChI is InChI=1S/C22H20F4N4OS/c1-14-13-29(21-27-19(28-32-21)12-15-2-8-18(23)9-3-15)10-11-30(14)20(31)16-4-6-17(7-5-16)22(24,25)26/h2-9,14H,10-13H2,1H3. The summed E-state index contributed by atoms with van der Waals surface area (Å²) < 4.78 is 55.7. The molecule has 1 aliphatic heterocycles. The van der Waals surface area contributed by atoms with Crippen LogP contribution in [0, 0.1) is 5.82 Å². The van der Waals surface area contributed by atoms with Gasteiger partial charge in [-0.3, -0.25) is 4.79 Å². The smallest absolute Gasteiger partial charge is 0.343 e. The van der Waals surface area contributed by atoms with Crippen LogP contribution in [0.3, 0.4) is 0 Å². The number of hydrogen-bond donors (Lipinski definition) is 0. The molecule has 10 heteroatoms. The average Bonchev–Trinajstić information content (AvgIpc) is 3.23. The molecule has 1 aliphatic rings. The monoisotopic (exact) mass is 464 g/mol. The topological polar surface area (TPSA) is 49.3 Å². The van der Waals surface area contributed by atoms with Gasteiger partial charge >= 0.3 is 6.18 Å². The Kier molecular flexibility index (Phi) is 6.14. The van der Waals surface area contributed by atoms with Crippen molar-refractivity contribution in [3.8, 4) is 0 Å². The number of benzene rings is 2. The van der Waals surface area contributed by atoms with Gasteiger partial charge in [-0.25, -0.2) is 9.37 Å². The number of rotatable bonds is 4. The molecule has 1 saturated heterocycles. The van der Waals surface area contributed by atoms with Crippen molar-refractivity contribution in [1.82, 2.24) is 14.3 Å². The number of amides is 1. The lowest BCUT2D eigenvalue weighted by Crippen LogP contribution is -2.54. The van der Waals surface area contributed by atoms with Crippen LogP contribution in [0.2, 0.25) is 0 Å². The largest absolute Gasteiger partial charge is 0.416 e. The van der Waals surface area contributed by atoms with E-state index in [9.17, 15) is 22.4 Å². The molecule has 5 nitrogen and oxygen atoms in total. The minimum absolute atomic E-state index is 0.150. The molecule has 0 N–H and O–H groups in total. The van der Waals surface area contributed by atoms with Gasteiger partial charge in [0.25, 0.3) is 5.91 Å². The predicted octanol–water partition coefficient (Wildman–Crippen LogP) is 4.64. The van der Waals surface area contributed by atoms with Gasteiger partial charge in [-0.1, -0.05) is 12.1 Å². The second-order valence-electron chi connectivity index (χ2n) is 7.67. The number of anilines is 1. The first-order chi connectivity index (χ1) is 15.2. The summed E-state index contributed by atoms with van der Waals surface area (Å²) in [7, 11) is 0. The van der Waals surface area contributed by atoms with Crippen molar-refractivity contribution in [3.63, 3.8) is 0 Å². The fourth-order valence-electron chi connectivity index (χ4n) is 3.63.